The van der Waals surface area contributed by atoms with Crippen LogP contribution in [0.2, 0.25) is 0 Å². The monoisotopic (exact) mass is 265 g/mol. The Morgan fingerprint density at radius 3 is 2.82 bits per heavy atom. The van der Waals surface area contributed by atoms with Gasteiger partial charge in [-0.1, -0.05) is 42.1 Å². The van der Waals surface area contributed by atoms with E-state index in [2.05, 4.69) is 38.9 Å². The van der Waals surface area contributed by atoms with Gasteiger partial charge in [-0.2, -0.15) is 4.37 Å². The lowest BCUT2D eigenvalue weighted by Crippen LogP contribution is -2.16. The Bertz CT molecular complexity index is 442. The van der Waals surface area contributed by atoms with Crippen molar-refractivity contribution in [2.75, 3.05) is 12.3 Å². The molecule has 0 saturated heterocycles. The van der Waals surface area contributed by atoms with Crippen molar-refractivity contribution in [1.82, 2.24) is 14.7 Å². The molecule has 1 heterocycles. The quantitative estimate of drug-likeness (QED) is 0.644. The average Bonchev–Trinajstić information content (AvgIpc) is 2.76. The molecule has 0 bridgehead atoms. The largest absolute Gasteiger partial charge is 0.312 e. The maximum atomic E-state index is 4.31. The molecule has 0 saturated carbocycles. The summed E-state index contributed by atoms with van der Waals surface area (Å²) in [6.45, 7) is 3.84. The normalized spacial score (nSPS) is 10.6. The van der Waals surface area contributed by atoms with Gasteiger partial charge in [-0.25, -0.2) is 4.98 Å². The van der Waals surface area contributed by atoms with Crippen LogP contribution in [0.15, 0.2) is 34.7 Å². The van der Waals surface area contributed by atoms with Crippen molar-refractivity contribution >= 4 is 23.3 Å². The molecule has 3 nitrogen and oxygen atoms in total. The van der Waals surface area contributed by atoms with Crippen molar-refractivity contribution in [3.05, 3.63) is 41.7 Å². The van der Waals surface area contributed by atoms with E-state index in [1.807, 2.05) is 13.0 Å². The molecule has 2 aromatic rings. The highest BCUT2D eigenvalue weighted by Crippen LogP contribution is 2.18. The summed E-state index contributed by atoms with van der Waals surface area (Å²) in [6, 6.07) is 10.4. The van der Waals surface area contributed by atoms with Crippen LogP contribution in [0, 0.1) is 6.92 Å². The van der Waals surface area contributed by atoms with E-state index in [1.54, 1.807) is 11.8 Å². The number of rotatable bonds is 6. The zero-order valence-corrected chi connectivity index (χ0v) is 11.4. The number of nitrogens with zero attached hydrogens (tertiary/aromatic N) is 2. The number of hydrogen-bond acceptors (Lipinski definition) is 5. The van der Waals surface area contributed by atoms with Gasteiger partial charge in [0.15, 0.2) is 4.34 Å². The number of aromatic nitrogens is 2. The van der Waals surface area contributed by atoms with Gasteiger partial charge >= 0.3 is 0 Å². The number of aryl methyl sites for hydroxylation is 1. The third-order valence-electron chi connectivity index (χ3n) is 2.19. The van der Waals surface area contributed by atoms with Gasteiger partial charge in [0.25, 0.3) is 0 Å². The molecule has 0 spiro atoms. The van der Waals surface area contributed by atoms with Gasteiger partial charge in [-0.3, -0.25) is 0 Å². The van der Waals surface area contributed by atoms with Crippen LogP contribution in [0.1, 0.15) is 11.4 Å². The van der Waals surface area contributed by atoms with E-state index in [1.165, 1.54) is 17.1 Å². The highest BCUT2D eigenvalue weighted by atomic mass is 32.2. The van der Waals surface area contributed by atoms with Gasteiger partial charge in [-0.15, -0.1) is 0 Å². The summed E-state index contributed by atoms with van der Waals surface area (Å²) in [5.41, 5.74) is 1.32. The van der Waals surface area contributed by atoms with E-state index < -0.39 is 0 Å². The maximum Gasteiger partial charge on any atom is 0.170 e. The van der Waals surface area contributed by atoms with E-state index in [9.17, 15) is 0 Å². The first kappa shape index (κ1) is 12.5. The van der Waals surface area contributed by atoms with Crippen LogP contribution in [0.25, 0.3) is 0 Å². The van der Waals surface area contributed by atoms with Crippen molar-refractivity contribution < 1.29 is 0 Å². The Kier molecular flexibility index (Phi) is 4.97. The maximum absolute atomic E-state index is 4.31. The fourth-order valence-electron chi connectivity index (χ4n) is 1.38. The molecular weight excluding hydrogens is 250 g/mol. The summed E-state index contributed by atoms with van der Waals surface area (Å²) in [7, 11) is 0. The molecule has 0 amide bonds. The molecule has 5 heteroatoms. The van der Waals surface area contributed by atoms with E-state index in [-0.39, 0.29) is 0 Å². The standard InChI is InChI=1S/C12H15N3S2/c1-10-14-12(17-15-10)16-8-7-13-9-11-5-3-2-4-6-11/h2-6,13H,7-9H2,1H3. The van der Waals surface area contributed by atoms with Gasteiger partial charge in [0.05, 0.1) is 0 Å². The molecule has 0 radical (unpaired) electrons. The van der Waals surface area contributed by atoms with Crippen molar-refractivity contribution in [3.8, 4) is 0 Å². The van der Waals surface area contributed by atoms with E-state index in [0.29, 0.717) is 0 Å². The Labute approximate surface area is 110 Å². The van der Waals surface area contributed by atoms with Crippen LogP contribution in [0.5, 0.6) is 0 Å². The van der Waals surface area contributed by atoms with Crippen molar-refractivity contribution in [1.29, 1.82) is 0 Å². The Morgan fingerprint density at radius 2 is 2.12 bits per heavy atom. The smallest absolute Gasteiger partial charge is 0.170 e. The van der Waals surface area contributed by atoms with Crippen LogP contribution in [0.4, 0.5) is 0 Å². The summed E-state index contributed by atoms with van der Waals surface area (Å²) in [5, 5.41) is 3.41. The molecule has 0 aliphatic heterocycles. The summed E-state index contributed by atoms with van der Waals surface area (Å²) >= 11 is 3.24. The van der Waals surface area contributed by atoms with E-state index >= 15 is 0 Å². The molecule has 0 aliphatic carbocycles. The lowest BCUT2D eigenvalue weighted by molar-refractivity contribution is 0.732. The first-order valence-corrected chi connectivity index (χ1v) is 7.28. The van der Waals surface area contributed by atoms with Crippen LogP contribution in [-0.4, -0.2) is 21.7 Å². The average molecular weight is 265 g/mol. The van der Waals surface area contributed by atoms with Crippen LogP contribution >= 0.6 is 23.3 Å². The summed E-state index contributed by atoms with van der Waals surface area (Å²) in [4.78, 5) is 4.31. The van der Waals surface area contributed by atoms with Gasteiger partial charge in [-0.05, 0) is 24.0 Å². The van der Waals surface area contributed by atoms with E-state index in [4.69, 9.17) is 0 Å². The minimum atomic E-state index is 0.870. The summed E-state index contributed by atoms with van der Waals surface area (Å²) < 4.78 is 5.21. The number of hydrogen-bond donors (Lipinski definition) is 1. The third kappa shape index (κ3) is 4.46. The second kappa shape index (κ2) is 6.74. The minimum absolute atomic E-state index is 0.870. The molecule has 0 fully saturated rings. The van der Waals surface area contributed by atoms with Gasteiger partial charge in [0.2, 0.25) is 0 Å². The number of benzene rings is 1. The highest BCUT2D eigenvalue weighted by molar-refractivity contribution is 8.00. The molecule has 90 valence electrons. The zero-order chi connectivity index (χ0) is 11.9. The molecular formula is C12H15N3S2. The Hall–Kier alpha value is -0.910. The predicted octanol–water partition coefficient (Wildman–Crippen LogP) is 2.73. The van der Waals surface area contributed by atoms with Crippen LogP contribution < -0.4 is 5.32 Å². The molecule has 0 unspecified atom stereocenters. The number of thioether (sulfide) groups is 1. The molecule has 1 aromatic carbocycles. The molecule has 0 aliphatic rings. The summed E-state index contributed by atoms with van der Waals surface area (Å²) in [6.07, 6.45) is 0. The van der Waals surface area contributed by atoms with Crippen LogP contribution in [0.3, 0.4) is 0 Å². The minimum Gasteiger partial charge on any atom is -0.312 e. The zero-order valence-electron chi connectivity index (χ0n) is 9.72. The van der Waals surface area contributed by atoms with Crippen molar-refractivity contribution in [2.24, 2.45) is 0 Å². The van der Waals surface area contributed by atoms with Crippen molar-refractivity contribution in [3.63, 3.8) is 0 Å². The number of nitrogens with one attached hydrogen (secondary N) is 1. The first-order chi connectivity index (χ1) is 8.34. The van der Waals surface area contributed by atoms with Crippen LogP contribution in [-0.2, 0) is 6.54 Å². The molecule has 17 heavy (non-hydrogen) atoms. The second-order valence-electron chi connectivity index (χ2n) is 3.62. The highest BCUT2D eigenvalue weighted by Gasteiger charge is 1.99. The lowest BCUT2D eigenvalue weighted by Gasteiger charge is -2.03. The third-order valence-corrected chi connectivity index (χ3v) is 4.11. The fraction of sp³-hybridized carbons (Fsp3) is 0.333. The molecule has 1 aromatic heterocycles. The molecule has 2 rings (SSSR count). The van der Waals surface area contributed by atoms with Crippen molar-refractivity contribution in [2.45, 2.75) is 17.8 Å². The second-order valence-corrected chi connectivity index (χ2v) is 5.71. The Balaban J connectivity index is 1.61. The van der Waals surface area contributed by atoms with Gasteiger partial charge in [0, 0.05) is 18.8 Å². The van der Waals surface area contributed by atoms with Gasteiger partial charge in [0.1, 0.15) is 5.82 Å². The first-order valence-electron chi connectivity index (χ1n) is 5.52. The summed E-state index contributed by atoms with van der Waals surface area (Å²) in [5.74, 6) is 1.90. The lowest BCUT2D eigenvalue weighted by atomic mass is 10.2. The molecule has 1 N–H and O–H groups in total. The Morgan fingerprint density at radius 1 is 1.29 bits per heavy atom. The topological polar surface area (TPSA) is 37.8 Å². The van der Waals surface area contributed by atoms with E-state index in [0.717, 1.165) is 29.0 Å². The SMILES string of the molecule is Cc1nsc(SCCNCc2ccccc2)n1. The van der Waals surface area contributed by atoms with Gasteiger partial charge < -0.3 is 5.32 Å². The molecule has 0 atom stereocenters. The predicted molar refractivity (Wildman–Crippen MR) is 73.5 cm³/mol. The fourth-order valence-corrected chi connectivity index (χ4v) is 2.99.